The molecule has 64 valence electrons. The number of hydrogen-bond donors (Lipinski definition) is 0. The number of aliphatic imine (C=N–C) groups is 1. The van der Waals surface area contributed by atoms with Crippen molar-refractivity contribution in [2.45, 2.75) is 13.1 Å². The first-order valence-electron chi connectivity index (χ1n) is 2.73. The summed E-state index contributed by atoms with van der Waals surface area (Å²) in [7, 11) is 0. The number of hydrogen-bond acceptors (Lipinski definition) is 2. The number of carbonyl (C=O) groups excluding carboxylic acids is 1. The zero-order valence-corrected chi connectivity index (χ0v) is 6.50. The zero-order valence-electron chi connectivity index (χ0n) is 5.68. The summed E-state index contributed by atoms with van der Waals surface area (Å²) >= 11 is 0.502. The second kappa shape index (κ2) is 4.38. The Morgan fingerprint density at radius 2 is 2.18 bits per heavy atom. The molecule has 0 radical (unpaired) electrons. The standard InChI is InChI=1S/C5H6F3NOS/c1-2-11-4(9-3-10)5(6,7)8/h3H,2H2,1H3. The van der Waals surface area contributed by atoms with Crippen LogP contribution in [0.25, 0.3) is 0 Å². The van der Waals surface area contributed by atoms with Crippen LogP contribution in [0.2, 0.25) is 0 Å². The van der Waals surface area contributed by atoms with Gasteiger partial charge in [-0.05, 0) is 5.75 Å². The van der Waals surface area contributed by atoms with Crippen LogP contribution in [0.3, 0.4) is 0 Å². The van der Waals surface area contributed by atoms with E-state index in [0.717, 1.165) is 0 Å². The third kappa shape index (κ3) is 4.02. The summed E-state index contributed by atoms with van der Waals surface area (Å²) in [6, 6.07) is 0. The lowest BCUT2D eigenvalue weighted by atomic mass is 10.7. The maximum absolute atomic E-state index is 11.8. The van der Waals surface area contributed by atoms with E-state index in [9.17, 15) is 18.0 Å². The first-order chi connectivity index (χ1) is 5.02. The Morgan fingerprint density at radius 1 is 1.64 bits per heavy atom. The molecule has 0 aromatic carbocycles. The predicted octanol–water partition coefficient (Wildman–Crippen LogP) is 1.86. The Labute approximate surface area is 65.9 Å². The second-order valence-electron chi connectivity index (χ2n) is 1.47. The molecule has 0 atom stereocenters. The predicted molar refractivity (Wildman–Crippen MR) is 37.7 cm³/mol. The summed E-state index contributed by atoms with van der Waals surface area (Å²) < 4.78 is 35.4. The number of rotatable bonds is 2. The summed E-state index contributed by atoms with van der Waals surface area (Å²) in [5.41, 5.74) is 0. The van der Waals surface area contributed by atoms with Gasteiger partial charge in [0.25, 0.3) is 0 Å². The second-order valence-corrected chi connectivity index (χ2v) is 2.72. The fourth-order valence-electron chi connectivity index (χ4n) is 0.377. The van der Waals surface area contributed by atoms with Gasteiger partial charge in [0, 0.05) is 0 Å². The molecule has 0 aliphatic carbocycles. The molecule has 0 bridgehead atoms. The van der Waals surface area contributed by atoms with Crippen LogP contribution in [0.1, 0.15) is 6.92 Å². The zero-order chi connectivity index (χ0) is 8.91. The average Bonchev–Trinajstić information content (AvgIpc) is 1.85. The number of nitrogens with zero attached hydrogens (tertiary/aromatic N) is 1. The van der Waals surface area contributed by atoms with E-state index >= 15 is 0 Å². The van der Waals surface area contributed by atoms with Gasteiger partial charge in [0.2, 0.25) is 6.41 Å². The number of thioether (sulfide) groups is 1. The van der Waals surface area contributed by atoms with Gasteiger partial charge in [0.15, 0.2) is 5.04 Å². The van der Waals surface area contributed by atoms with Crippen LogP contribution in [0.5, 0.6) is 0 Å². The van der Waals surface area contributed by atoms with E-state index in [1.807, 2.05) is 0 Å². The highest BCUT2D eigenvalue weighted by Gasteiger charge is 2.35. The first kappa shape index (κ1) is 10.5. The molecule has 0 fully saturated rings. The summed E-state index contributed by atoms with van der Waals surface area (Å²) in [6.45, 7) is 1.55. The van der Waals surface area contributed by atoms with E-state index in [0.29, 0.717) is 11.8 Å². The normalized spacial score (nSPS) is 13.3. The molecule has 0 aromatic heterocycles. The van der Waals surface area contributed by atoms with Gasteiger partial charge >= 0.3 is 6.18 Å². The summed E-state index contributed by atoms with van der Waals surface area (Å²) in [6.07, 6.45) is -4.60. The topological polar surface area (TPSA) is 29.4 Å². The van der Waals surface area contributed by atoms with Crippen molar-refractivity contribution in [3.05, 3.63) is 0 Å². The molecule has 6 heteroatoms. The summed E-state index contributed by atoms with van der Waals surface area (Å²) in [5.74, 6) is 0.242. The monoisotopic (exact) mass is 185 g/mol. The summed E-state index contributed by atoms with van der Waals surface area (Å²) in [4.78, 5) is 12.3. The summed E-state index contributed by atoms with van der Waals surface area (Å²) in [5, 5.41) is -1.09. The fourth-order valence-corrected chi connectivity index (χ4v) is 0.932. The Kier molecular flexibility index (Phi) is 4.17. The third-order valence-electron chi connectivity index (χ3n) is 0.694. The van der Waals surface area contributed by atoms with Crippen LogP contribution < -0.4 is 0 Å². The molecule has 0 saturated heterocycles. The minimum Gasteiger partial charge on any atom is -0.276 e. The average molecular weight is 185 g/mol. The lowest BCUT2D eigenvalue weighted by Gasteiger charge is -2.05. The Morgan fingerprint density at radius 3 is 2.45 bits per heavy atom. The number of alkyl halides is 3. The largest absolute Gasteiger partial charge is 0.439 e. The van der Waals surface area contributed by atoms with Crippen molar-refractivity contribution < 1.29 is 18.0 Å². The van der Waals surface area contributed by atoms with Gasteiger partial charge in [-0.15, -0.1) is 11.8 Å². The van der Waals surface area contributed by atoms with Crippen LogP contribution in [0, 0.1) is 0 Å². The van der Waals surface area contributed by atoms with Crippen molar-refractivity contribution in [3.8, 4) is 0 Å². The minimum absolute atomic E-state index is 0.106. The van der Waals surface area contributed by atoms with Crippen molar-refractivity contribution in [1.29, 1.82) is 0 Å². The van der Waals surface area contributed by atoms with Crippen molar-refractivity contribution in [2.24, 2.45) is 4.99 Å². The lowest BCUT2D eigenvalue weighted by Crippen LogP contribution is -2.19. The molecule has 0 unspecified atom stereocenters. The van der Waals surface area contributed by atoms with Gasteiger partial charge in [-0.3, -0.25) is 4.79 Å². The Balaban J connectivity index is 4.34. The highest BCUT2D eigenvalue weighted by molar-refractivity contribution is 8.14. The molecule has 0 saturated carbocycles. The molecule has 1 amide bonds. The fraction of sp³-hybridized carbons (Fsp3) is 0.600. The van der Waals surface area contributed by atoms with E-state index in [1.165, 1.54) is 0 Å². The maximum Gasteiger partial charge on any atom is 0.439 e. The van der Waals surface area contributed by atoms with Gasteiger partial charge in [-0.25, -0.2) is 4.99 Å². The van der Waals surface area contributed by atoms with E-state index in [1.54, 1.807) is 6.92 Å². The molecule has 0 N–H and O–H groups in total. The van der Waals surface area contributed by atoms with Crippen LogP contribution in [0.4, 0.5) is 13.2 Å². The number of carbonyl (C=O) groups is 1. The Hall–Kier alpha value is -0.520. The number of amides is 1. The van der Waals surface area contributed by atoms with Gasteiger partial charge < -0.3 is 0 Å². The van der Waals surface area contributed by atoms with Crippen molar-refractivity contribution in [3.63, 3.8) is 0 Å². The van der Waals surface area contributed by atoms with E-state index in [4.69, 9.17) is 0 Å². The van der Waals surface area contributed by atoms with Crippen LogP contribution in [0.15, 0.2) is 4.99 Å². The van der Waals surface area contributed by atoms with Crippen LogP contribution >= 0.6 is 11.8 Å². The molecule has 0 aliphatic rings. The van der Waals surface area contributed by atoms with Crippen molar-refractivity contribution in [2.75, 3.05) is 5.75 Å². The molecular weight excluding hydrogens is 179 g/mol. The van der Waals surface area contributed by atoms with Crippen LogP contribution in [-0.4, -0.2) is 23.4 Å². The van der Waals surface area contributed by atoms with Gasteiger partial charge in [-0.1, -0.05) is 6.92 Å². The van der Waals surface area contributed by atoms with E-state index < -0.39 is 11.2 Å². The first-order valence-corrected chi connectivity index (χ1v) is 3.72. The quantitative estimate of drug-likeness (QED) is 0.373. The molecular formula is C5H6F3NOS. The maximum atomic E-state index is 11.8. The molecule has 0 spiro atoms. The SMILES string of the molecule is CCSC(=NC=O)C(F)(F)F. The molecule has 0 heterocycles. The highest BCUT2D eigenvalue weighted by Crippen LogP contribution is 2.24. The molecule has 0 aromatic rings. The molecule has 2 nitrogen and oxygen atoms in total. The third-order valence-corrected chi connectivity index (χ3v) is 1.59. The van der Waals surface area contributed by atoms with Crippen molar-refractivity contribution >= 4 is 23.2 Å². The Bertz CT molecular complexity index is 166. The number of halogens is 3. The van der Waals surface area contributed by atoms with Crippen LogP contribution in [-0.2, 0) is 4.79 Å². The molecule has 0 aliphatic heterocycles. The molecule has 0 rings (SSSR count). The lowest BCUT2D eigenvalue weighted by molar-refractivity contribution is -0.107. The van der Waals surface area contributed by atoms with E-state index in [-0.39, 0.29) is 12.2 Å². The van der Waals surface area contributed by atoms with Gasteiger partial charge in [0.05, 0.1) is 0 Å². The van der Waals surface area contributed by atoms with Crippen molar-refractivity contribution in [1.82, 2.24) is 0 Å². The van der Waals surface area contributed by atoms with Gasteiger partial charge in [-0.2, -0.15) is 13.2 Å². The highest BCUT2D eigenvalue weighted by atomic mass is 32.2. The smallest absolute Gasteiger partial charge is 0.276 e. The van der Waals surface area contributed by atoms with Gasteiger partial charge in [0.1, 0.15) is 0 Å². The minimum atomic E-state index is -4.50. The van der Waals surface area contributed by atoms with E-state index in [2.05, 4.69) is 4.99 Å². The molecule has 11 heavy (non-hydrogen) atoms.